The number of aliphatic hydroxyl groups excluding tert-OH is 2. The van der Waals surface area contributed by atoms with Gasteiger partial charge in [-0.25, -0.2) is 0 Å². The van der Waals surface area contributed by atoms with Gasteiger partial charge in [0.1, 0.15) is 0 Å². The number of hydrogen-bond donors (Lipinski definition) is 2. The lowest BCUT2D eigenvalue weighted by molar-refractivity contribution is 0.140. The van der Waals surface area contributed by atoms with Crippen molar-refractivity contribution in [3.05, 3.63) is 12.3 Å². The van der Waals surface area contributed by atoms with Crippen LogP contribution in [0.3, 0.4) is 0 Å². The molecule has 0 fully saturated rings. The SMILES string of the molecule is CC(C)CC(O)CCC=CO. The van der Waals surface area contributed by atoms with Crippen LogP contribution in [0.2, 0.25) is 0 Å². The number of rotatable bonds is 5. The highest BCUT2D eigenvalue weighted by molar-refractivity contribution is 4.73. The molecular weight excluding hydrogens is 140 g/mol. The Hall–Kier alpha value is -0.500. The van der Waals surface area contributed by atoms with E-state index in [1.165, 1.54) is 0 Å². The Balaban J connectivity index is 3.29. The molecule has 0 aliphatic heterocycles. The molecular formula is C9H18O2. The molecule has 1 atom stereocenters. The van der Waals surface area contributed by atoms with E-state index in [1.54, 1.807) is 6.08 Å². The van der Waals surface area contributed by atoms with E-state index in [1.807, 2.05) is 0 Å². The predicted octanol–water partition coefficient (Wildman–Crippen LogP) is 2.25. The van der Waals surface area contributed by atoms with Gasteiger partial charge in [-0.3, -0.25) is 0 Å². The third-order valence-electron chi connectivity index (χ3n) is 1.52. The van der Waals surface area contributed by atoms with Crippen molar-refractivity contribution in [1.82, 2.24) is 0 Å². The summed E-state index contributed by atoms with van der Waals surface area (Å²) in [6.07, 6.45) is 4.82. The Bertz CT molecular complexity index is 108. The van der Waals surface area contributed by atoms with Gasteiger partial charge in [0.15, 0.2) is 0 Å². The predicted molar refractivity (Wildman–Crippen MR) is 46.5 cm³/mol. The van der Waals surface area contributed by atoms with Crippen LogP contribution in [0.1, 0.15) is 33.1 Å². The largest absolute Gasteiger partial charge is 0.516 e. The Morgan fingerprint density at radius 3 is 2.45 bits per heavy atom. The first kappa shape index (κ1) is 10.5. The van der Waals surface area contributed by atoms with Crippen LogP contribution in [0.25, 0.3) is 0 Å². The van der Waals surface area contributed by atoms with Crippen LogP contribution in [0.4, 0.5) is 0 Å². The molecule has 1 unspecified atom stereocenters. The summed E-state index contributed by atoms with van der Waals surface area (Å²) >= 11 is 0. The molecule has 11 heavy (non-hydrogen) atoms. The first-order chi connectivity index (χ1) is 5.16. The highest BCUT2D eigenvalue weighted by Gasteiger charge is 2.04. The summed E-state index contributed by atoms with van der Waals surface area (Å²) in [5.41, 5.74) is 0. The summed E-state index contributed by atoms with van der Waals surface area (Å²) in [5.74, 6) is 0.545. The fraction of sp³-hybridized carbons (Fsp3) is 0.778. The van der Waals surface area contributed by atoms with Gasteiger partial charge in [-0.05, 0) is 25.2 Å². The Morgan fingerprint density at radius 2 is 2.00 bits per heavy atom. The Labute approximate surface area is 68.6 Å². The first-order valence-corrected chi connectivity index (χ1v) is 4.14. The van der Waals surface area contributed by atoms with E-state index in [0.29, 0.717) is 5.92 Å². The minimum atomic E-state index is -0.216. The highest BCUT2D eigenvalue weighted by atomic mass is 16.3. The zero-order chi connectivity index (χ0) is 8.69. The third-order valence-corrected chi connectivity index (χ3v) is 1.52. The van der Waals surface area contributed by atoms with Crippen LogP contribution in [0.15, 0.2) is 12.3 Å². The van der Waals surface area contributed by atoms with E-state index < -0.39 is 0 Å². The summed E-state index contributed by atoms with van der Waals surface area (Å²) in [6, 6.07) is 0. The summed E-state index contributed by atoms with van der Waals surface area (Å²) in [6.45, 7) is 4.18. The fourth-order valence-corrected chi connectivity index (χ4v) is 1.03. The molecule has 0 rings (SSSR count). The average Bonchev–Trinajstić information content (AvgIpc) is 1.86. The molecule has 0 heterocycles. The van der Waals surface area contributed by atoms with E-state index in [0.717, 1.165) is 25.5 Å². The molecule has 0 aromatic rings. The van der Waals surface area contributed by atoms with Crippen molar-refractivity contribution in [3.63, 3.8) is 0 Å². The summed E-state index contributed by atoms with van der Waals surface area (Å²) in [4.78, 5) is 0. The minimum absolute atomic E-state index is 0.216. The van der Waals surface area contributed by atoms with E-state index in [9.17, 15) is 5.11 Å². The van der Waals surface area contributed by atoms with Crippen molar-refractivity contribution in [1.29, 1.82) is 0 Å². The van der Waals surface area contributed by atoms with Gasteiger partial charge in [0.2, 0.25) is 0 Å². The smallest absolute Gasteiger partial charge is 0.0751 e. The topological polar surface area (TPSA) is 40.5 Å². The minimum Gasteiger partial charge on any atom is -0.516 e. The molecule has 2 heteroatoms. The van der Waals surface area contributed by atoms with Crippen LogP contribution in [-0.2, 0) is 0 Å². The molecule has 0 radical (unpaired) electrons. The summed E-state index contributed by atoms with van der Waals surface area (Å²) in [5, 5.41) is 17.6. The van der Waals surface area contributed by atoms with E-state index >= 15 is 0 Å². The van der Waals surface area contributed by atoms with Gasteiger partial charge in [-0.2, -0.15) is 0 Å². The average molecular weight is 158 g/mol. The second kappa shape index (κ2) is 6.23. The normalized spacial score (nSPS) is 14.5. The molecule has 0 saturated carbocycles. The third kappa shape index (κ3) is 7.40. The highest BCUT2D eigenvalue weighted by Crippen LogP contribution is 2.09. The van der Waals surface area contributed by atoms with Crippen molar-refractivity contribution < 1.29 is 10.2 Å². The second-order valence-electron chi connectivity index (χ2n) is 3.25. The molecule has 66 valence electrons. The van der Waals surface area contributed by atoms with Gasteiger partial charge >= 0.3 is 0 Å². The number of hydrogen-bond acceptors (Lipinski definition) is 2. The van der Waals surface area contributed by atoms with Gasteiger partial charge in [0.05, 0.1) is 12.4 Å². The Morgan fingerprint density at radius 1 is 1.36 bits per heavy atom. The van der Waals surface area contributed by atoms with Crippen molar-refractivity contribution in [2.75, 3.05) is 0 Å². The molecule has 0 amide bonds. The lowest BCUT2D eigenvalue weighted by atomic mass is 10.0. The van der Waals surface area contributed by atoms with E-state index in [4.69, 9.17) is 5.11 Å². The van der Waals surface area contributed by atoms with Gasteiger partial charge < -0.3 is 10.2 Å². The van der Waals surface area contributed by atoms with Crippen molar-refractivity contribution >= 4 is 0 Å². The standard InChI is InChI=1S/C9H18O2/c1-8(2)7-9(11)5-3-4-6-10/h4,6,8-11H,3,5,7H2,1-2H3. The molecule has 0 bridgehead atoms. The van der Waals surface area contributed by atoms with Crippen LogP contribution in [0, 0.1) is 5.92 Å². The van der Waals surface area contributed by atoms with Crippen LogP contribution in [0.5, 0.6) is 0 Å². The van der Waals surface area contributed by atoms with Crippen LogP contribution < -0.4 is 0 Å². The van der Waals surface area contributed by atoms with Gasteiger partial charge in [0.25, 0.3) is 0 Å². The molecule has 0 aliphatic carbocycles. The van der Waals surface area contributed by atoms with Gasteiger partial charge in [-0.15, -0.1) is 0 Å². The maximum absolute atomic E-state index is 9.33. The lowest BCUT2D eigenvalue weighted by Crippen LogP contribution is -2.09. The second-order valence-corrected chi connectivity index (χ2v) is 3.25. The Kier molecular flexibility index (Phi) is 5.94. The number of allylic oxidation sites excluding steroid dienone is 1. The molecule has 2 N–H and O–H groups in total. The molecule has 0 saturated heterocycles. The van der Waals surface area contributed by atoms with Gasteiger partial charge in [-0.1, -0.05) is 19.9 Å². The van der Waals surface area contributed by atoms with Crippen LogP contribution in [-0.4, -0.2) is 16.3 Å². The monoisotopic (exact) mass is 158 g/mol. The molecule has 0 aromatic carbocycles. The fourth-order valence-electron chi connectivity index (χ4n) is 1.03. The lowest BCUT2D eigenvalue weighted by Gasteiger charge is -2.10. The van der Waals surface area contributed by atoms with Crippen molar-refractivity contribution in [3.8, 4) is 0 Å². The quantitative estimate of drug-likeness (QED) is 0.602. The van der Waals surface area contributed by atoms with E-state index in [2.05, 4.69) is 13.8 Å². The number of aliphatic hydroxyl groups is 2. The molecule has 0 aliphatic rings. The van der Waals surface area contributed by atoms with Crippen molar-refractivity contribution in [2.45, 2.75) is 39.2 Å². The summed E-state index contributed by atoms with van der Waals surface area (Å²) in [7, 11) is 0. The zero-order valence-corrected chi connectivity index (χ0v) is 7.33. The van der Waals surface area contributed by atoms with Gasteiger partial charge in [0, 0.05) is 0 Å². The summed E-state index contributed by atoms with van der Waals surface area (Å²) < 4.78 is 0. The maximum atomic E-state index is 9.33. The van der Waals surface area contributed by atoms with Crippen molar-refractivity contribution in [2.24, 2.45) is 5.92 Å². The maximum Gasteiger partial charge on any atom is 0.0751 e. The first-order valence-electron chi connectivity index (χ1n) is 4.14. The molecule has 0 aromatic heterocycles. The molecule has 0 spiro atoms. The molecule has 2 nitrogen and oxygen atoms in total. The van der Waals surface area contributed by atoms with Crippen LogP contribution >= 0.6 is 0 Å². The van der Waals surface area contributed by atoms with E-state index in [-0.39, 0.29) is 6.10 Å². The zero-order valence-electron chi connectivity index (χ0n) is 7.33.